The van der Waals surface area contributed by atoms with Crippen molar-refractivity contribution in [3.05, 3.63) is 157 Å². The summed E-state index contributed by atoms with van der Waals surface area (Å²) in [5, 5.41) is 0. The minimum absolute atomic E-state index is 0.0786. The van der Waals surface area contributed by atoms with Crippen LogP contribution in [0.15, 0.2) is 146 Å². The van der Waals surface area contributed by atoms with Gasteiger partial charge >= 0.3 is 0 Å². The van der Waals surface area contributed by atoms with Crippen LogP contribution in [-0.4, -0.2) is 0 Å². The van der Waals surface area contributed by atoms with Crippen molar-refractivity contribution in [2.75, 3.05) is 0 Å². The van der Waals surface area contributed by atoms with Gasteiger partial charge < -0.3 is 0 Å². The van der Waals surface area contributed by atoms with Gasteiger partial charge in [0.25, 0.3) is 0 Å². The molecular weight excluding hydrogens is 468 g/mol. The Hall–Kier alpha value is -4.68. The molecule has 0 radical (unpaired) electrons. The van der Waals surface area contributed by atoms with Gasteiger partial charge in [-0.2, -0.15) is 0 Å². The minimum atomic E-state index is -0.0786. The van der Waals surface area contributed by atoms with Crippen molar-refractivity contribution in [3.63, 3.8) is 0 Å². The van der Waals surface area contributed by atoms with Crippen LogP contribution in [0.25, 0.3) is 55.6 Å². The predicted octanol–water partition coefficient (Wildman–Crippen LogP) is 10.7. The number of hydrogen-bond acceptors (Lipinski definition) is 0. The van der Waals surface area contributed by atoms with Crippen LogP contribution in [-0.2, 0) is 5.41 Å². The van der Waals surface area contributed by atoms with E-state index >= 15 is 0 Å². The van der Waals surface area contributed by atoms with E-state index in [1.165, 1.54) is 66.8 Å². The van der Waals surface area contributed by atoms with Crippen LogP contribution in [0.5, 0.6) is 0 Å². The van der Waals surface area contributed by atoms with Crippen molar-refractivity contribution in [1.82, 2.24) is 0 Å². The molecule has 0 nitrogen and oxygen atoms in total. The third kappa shape index (κ3) is 4.10. The third-order valence-electron chi connectivity index (χ3n) is 8.28. The number of fused-ring (bicyclic) bond motifs is 3. The van der Waals surface area contributed by atoms with Gasteiger partial charge in [0.05, 0.1) is 0 Å². The normalized spacial score (nSPS) is 13.1. The molecule has 0 bridgehead atoms. The summed E-state index contributed by atoms with van der Waals surface area (Å²) in [7, 11) is 0. The summed E-state index contributed by atoms with van der Waals surface area (Å²) in [6, 6.07) is 53.1. The average Bonchev–Trinajstić information content (AvgIpc) is 3.23. The molecule has 0 heteroatoms. The maximum absolute atomic E-state index is 2.41. The Morgan fingerprint density at radius 1 is 0.308 bits per heavy atom. The first-order valence-electron chi connectivity index (χ1n) is 13.7. The lowest BCUT2D eigenvalue weighted by Crippen LogP contribution is -2.15. The molecule has 1 aliphatic carbocycles. The lowest BCUT2D eigenvalue weighted by Gasteiger charge is -2.23. The van der Waals surface area contributed by atoms with Crippen LogP contribution < -0.4 is 0 Å². The van der Waals surface area contributed by atoms with Gasteiger partial charge in [0.1, 0.15) is 0 Å². The van der Waals surface area contributed by atoms with Crippen molar-refractivity contribution in [2.24, 2.45) is 0 Å². The third-order valence-corrected chi connectivity index (χ3v) is 8.28. The minimum Gasteiger partial charge on any atom is -0.0622 e. The number of rotatable bonds is 4. The number of hydrogen-bond donors (Lipinski definition) is 0. The predicted molar refractivity (Wildman–Crippen MR) is 166 cm³/mol. The van der Waals surface area contributed by atoms with Crippen molar-refractivity contribution in [2.45, 2.75) is 19.3 Å². The standard InChI is InChI=1S/C39H30/c1-39(2)37-25-33(31-17-9-15-29(23-31)27-11-5-3-6-12-27)19-21-35(37)36-22-20-34(26-38(36)39)32-18-10-16-30(24-32)28-13-7-4-8-14-28/h3-26H,1-2H3. The van der Waals surface area contributed by atoms with Crippen LogP contribution in [0.1, 0.15) is 25.0 Å². The number of benzene rings is 6. The van der Waals surface area contributed by atoms with Gasteiger partial charge in [-0.1, -0.05) is 135 Å². The first-order chi connectivity index (χ1) is 19.1. The maximum atomic E-state index is 2.41. The zero-order valence-electron chi connectivity index (χ0n) is 22.4. The highest BCUT2D eigenvalue weighted by atomic mass is 14.4. The van der Waals surface area contributed by atoms with E-state index in [4.69, 9.17) is 0 Å². The molecule has 0 unspecified atom stereocenters. The van der Waals surface area contributed by atoms with Crippen molar-refractivity contribution in [1.29, 1.82) is 0 Å². The summed E-state index contributed by atoms with van der Waals surface area (Å²) in [6.07, 6.45) is 0. The van der Waals surface area contributed by atoms with Gasteiger partial charge in [0, 0.05) is 5.41 Å². The van der Waals surface area contributed by atoms with Crippen LogP contribution in [0, 0.1) is 0 Å². The summed E-state index contributed by atoms with van der Waals surface area (Å²) in [4.78, 5) is 0. The lowest BCUT2D eigenvalue weighted by molar-refractivity contribution is 0.661. The molecule has 186 valence electrons. The van der Waals surface area contributed by atoms with Crippen LogP contribution in [0.2, 0.25) is 0 Å². The second-order valence-electron chi connectivity index (χ2n) is 11.0. The summed E-state index contributed by atoms with van der Waals surface area (Å²) in [5.41, 5.74) is 15.5. The molecular formula is C39H30. The molecule has 0 saturated carbocycles. The highest BCUT2D eigenvalue weighted by molar-refractivity contribution is 5.86. The SMILES string of the molecule is CC1(C)c2cc(-c3cccc(-c4ccccc4)c3)ccc2-c2ccc(-c3cccc(-c4ccccc4)c3)cc21. The first kappa shape index (κ1) is 23.4. The largest absolute Gasteiger partial charge is 0.0622 e. The van der Waals surface area contributed by atoms with E-state index in [0.29, 0.717) is 0 Å². The quantitative estimate of drug-likeness (QED) is 0.227. The molecule has 7 rings (SSSR count). The zero-order chi connectivity index (χ0) is 26.4. The monoisotopic (exact) mass is 498 g/mol. The topological polar surface area (TPSA) is 0 Å². The smallest absolute Gasteiger partial charge is 0.0159 e. The van der Waals surface area contributed by atoms with Crippen LogP contribution in [0.4, 0.5) is 0 Å². The van der Waals surface area contributed by atoms with Gasteiger partial charge in [0.15, 0.2) is 0 Å². The van der Waals surface area contributed by atoms with Crippen molar-refractivity contribution in [3.8, 4) is 55.6 Å². The molecule has 0 N–H and O–H groups in total. The molecule has 0 amide bonds. The second kappa shape index (κ2) is 9.26. The van der Waals surface area contributed by atoms with Crippen molar-refractivity contribution >= 4 is 0 Å². The fraction of sp³-hybridized carbons (Fsp3) is 0.0769. The second-order valence-corrected chi connectivity index (χ2v) is 11.0. The molecule has 0 aliphatic heterocycles. The molecule has 0 spiro atoms. The van der Waals surface area contributed by atoms with Crippen molar-refractivity contribution < 1.29 is 0 Å². The average molecular weight is 499 g/mol. The Balaban J connectivity index is 1.26. The zero-order valence-corrected chi connectivity index (χ0v) is 22.4. The van der Waals surface area contributed by atoms with Gasteiger partial charge in [-0.3, -0.25) is 0 Å². The summed E-state index contributed by atoms with van der Waals surface area (Å²) in [5.74, 6) is 0. The molecule has 0 heterocycles. The first-order valence-corrected chi connectivity index (χ1v) is 13.7. The van der Waals surface area contributed by atoms with Crippen LogP contribution in [0.3, 0.4) is 0 Å². The van der Waals surface area contributed by atoms with Gasteiger partial charge in [-0.05, 0) is 91.0 Å². The molecule has 39 heavy (non-hydrogen) atoms. The Labute approximate surface area is 231 Å². The van der Waals surface area contributed by atoms with Crippen LogP contribution >= 0.6 is 0 Å². The van der Waals surface area contributed by atoms with E-state index in [9.17, 15) is 0 Å². The molecule has 0 aromatic heterocycles. The molecule has 0 atom stereocenters. The maximum Gasteiger partial charge on any atom is 0.0159 e. The van der Waals surface area contributed by atoms with E-state index < -0.39 is 0 Å². The Morgan fingerprint density at radius 2 is 0.641 bits per heavy atom. The fourth-order valence-corrected chi connectivity index (χ4v) is 6.11. The van der Waals surface area contributed by atoms with Gasteiger partial charge in [-0.25, -0.2) is 0 Å². The fourth-order valence-electron chi connectivity index (χ4n) is 6.11. The Kier molecular flexibility index (Phi) is 5.56. The Bertz CT molecular complexity index is 1670. The highest BCUT2D eigenvalue weighted by Crippen LogP contribution is 2.50. The Morgan fingerprint density at radius 3 is 1.05 bits per heavy atom. The molecule has 1 aliphatic rings. The molecule has 6 aromatic carbocycles. The highest BCUT2D eigenvalue weighted by Gasteiger charge is 2.35. The summed E-state index contributed by atoms with van der Waals surface area (Å²) in [6.45, 7) is 4.73. The van der Waals surface area contributed by atoms with E-state index in [0.717, 1.165) is 0 Å². The summed E-state index contributed by atoms with van der Waals surface area (Å²) >= 11 is 0. The van der Waals surface area contributed by atoms with Gasteiger partial charge in [-0.15, -0.1) is 0 Å². The molecule has 6 aromatic rings. The van der Waals surface area contributed by atoms with E-state index in [-0.39, 0.29) is 5.41 Å². The molecule has 0 saturated heterocycles. The molecule has 0 fully saturated rings. The van der Waals surface area contributed by atoms with E-state index in [1.54, 1.807) is 0 Å². The summed E-state index contributed by atoms with van der Waals surface area (Å²) < 4.78 is 0. The lowest BCUT2D eigenvalue weighted by atomic mass is 9.80. The van der Waals surface area contributed by atoms with E-state index in [1.807, 2.05) is 0 Å². The van der Waals surface area contributed by atoms with E-state index in [2.05, 4.69) is 159 Å². The van der Waals surface area contributed by atoms with Gasteiger partial charge in [0.2, 0.25) is 0 Å².